The molecule has 2 amide bonds. The van der Waals surface area contributed by atoms with E-state index in [4.69, 9.17) is 15.6 Å². The number of hydrogen-bond donors (Lipinski definition) is 5. The van der Waals surface area contributed by atoms with Crippen molar-refractivity contribution in [1.29, 1.82) is 0 Å². The van der Waals surface area contributed by atoms with Crippen LogP contribution in [0.25, 0.3) is 11.3 Å². The van der Waals surface area contributed by atoms with E-state index >= 15 is 0 Å². The minimum absolute atomic E-state index is 0.0226. The van der Waals surface area contributed by atoms with Crippen LogP contribution in [0.15, 0.2) is 54.7 Å². The molecule has 3 aromatic rings. The first-order valence-corrected chi connectivity index (χ1v) is 9.74. The molecule has 0 saturated carbocycles. The topological polar surface area (TPSA) is 168 Å². The number of halogens is 3. The van der Waals surface area contributed by atoms with E-state index in [-0.39, 0.29) is 29.7 Å². The van der Waals surface area contributed by atoms with Crippen LogP contribution in [0.1, 0.15) is 26.4 Å². The van der Waals surface area contributed by atoms with Crippen LogP contribution in [0, 0.1) is 0 Å². The fourth-order valence-corrected chi connectivity index (χ4v) is 2.58. The molecule has 0 aliphatic heterocycles. The number of aromatic hydroxyl groups is 1. The maximum atomic E-state index is 12.5. The third-order valence-corrected chi connectivity index (χ3v) is 4.34. The van der Waals surface area contributed by atoms with Gasteiger partial charge in [-0.05, 0) is 18.2 Å². The lowest BCUT2D eigenvalue weighted by molar-refractivity contribution is -0.192. The molecule has 0 saturated heterocycles. The lowest BCUT2D eigenvalue weighted by Crippen LogP contribution is -2.23. The summed E-state index contributed by atoms with van der Waals surface area (Å²) in [5.41, 5.74) is 7.80. The van der Waals surface area contributed by atoms with Crippen LogP contribution in [0.5, 0.6) is 5.75 Å². The predicted molar refractivity (Wildman–Crippen MR) is 118 cm³/mol. The van der Waals surface area contributed by atoms with Crippen molar-refractivity contribution in [3.05, 3.63) is 71.5 Å². The summed E-state index contributed by atoms with van der Waals surface area (Å²) in [4.78, 5) is 41.5. The molecule has 0 bridgehead atoms. The molecule has 3 rings (SSSR count). The lowest BCUT2D eigenvalue weighted by atomic mass is 10.1. The number of phenols is 1. The Balaban J connectivity index is 0.000000540. The van der Waals surface area contributed by atoms with E-state index < -0.39 is 18.1 Å². The molecule has 0 unspecified atom stereocenters. The first kappa shape index (κ1) is 26.6. The molecule has 1 heterocycles. The molecule has 0 atom stereocenters. The number of carboxylic acids is 1. The summed E-state index contributed by atoms with van der Waals surface area (Å²) in [5, 5.41) is 22.1. The van der Waals surface area contributed by atoms with Crippen LogP contribution in [-0.2, 0) is 11.3 Å². The summed E-state index contributed by atoms with van der Waals surface area (Å²) >= 11 is 0. The minimum atomic E-state index is -5.08. The fourth-order valence-electron chi connectivity index (χ4n) is 2.58. The summed E-state index contributed by atoms with van der Waals surface area (Å²) in [6, 6.07) is 13.6. The second kappa shape index (κ2) is 11.4. The number of alkyl halides is 3. The highest BCUT2D eigenvalue weighted by Gasteiger charge is 2.38. The number of carbonyl (C=O) groups is 3. The molecule has 0 aliphatic carbocycles. The van der Waals surface area contributed by atoms with Gasteiger partial charge in [0.25, 0.3) is 11.8 Å². The van der Waals surface area contributed by atoms with E-state index in [0.29, 0.717) is 22.4 Å². The fraction of sp³-hybridized carbons (Fsp3) is 0.136. The molecular formula is C22H20F3N5O5. The van der Waals surface area contributed by atoms with Crippen molar-refractivity contribution in [2.24, 2.45) is 0 Å². The van der Waals surface area contributed by atoms with E-state index in [2.05, 4.69) is 20.6 Å². The summed E-state index contributed by atoms with van der Waals surface area (Å²) < 4.78 is 31.7. The molecule has 10 nitrogen and oxygen atoms in total. The number of amides is 2. The van der Waals surface area contributed by atoms with Gasteiger partial charge in [0.05, 0.1) is 11.9 Å². The number of para-hydroxylation sites is 1. The number of anilines is 1. The molecule has 0 radical (unpaired) electrons. The number of rotatable bonds is 5. The van der Waals surface area contributed by atoms with Crippen molar-refractivity contribution in [2.75, 3.05) is 12.8 Å². The molecule has 13 heteroatoms. The SMILES string of the molecule is CNC(=O)c1nc(-c2cccc(C(=O)NCc3ccccc3O)c2)cnc1N.O=C(O)C(F)(F)F. The standard InChI is InChI=1S/C20H19N5O3.C2HF3O2/c1-22-20(28)17-18(21)23-11-15(25-17)12-6-4-7-13(9-12)19(27)24-10-14-5-2-3-8-16(14)26;3-2(4,5)1(6)7/h2-9,11,26H,10H2,1H3,(H2,21,23)(H,22,28)(H,24,27);(H,6,7). The lowest BCUT2D eigenvalue weighted by Gasteiger charge is -2.09. The number of nitrogen functional groups attached to an aromatic ring is 1. The normalized spacial score (nSPS) is 10.5. The number of benzene rings is 2. The number of carbonyl (C=O) groups excluding carboxylic acids is 2. The van der Waals surface area contributed by atoms with Gasteiger partial charge >= 0.3 is 12.1 Å². The summed E-state index contributed by atoms with van der Waals surface area (Å²) in [7, 11) is 1.48. The van der Waals surface area contributed by atoms with Crippen molar-refractivity contribution in [3.8, 4) is 17.0 Å². The number of carboxylic acid groups (broad SMARTS) is 1. The van der Waals surface area contributed by atoms with Crippen LogP contribution in [0.4, 0.5) is 19.0 Å². The van der Waals surface area contributed by atoms with Gasteiger partial charge in [-0.3, -0.25) is 9.59 Å². The highest BCUT2D eigenvalue weighted by atomic mass is 19.4. The number of aromatic nitrogens is 2. The summed E-state index contributed by atoms with van der Waals surface area (Å²) in [5.74, 6) is -3.36. The van der Waals surface area contributed by atoms with Crippen molar-refractivity contribution in [3.63, 3.8) is 0 Å². The maximum Gasteiger partial charge on any atom is 0.490 e. The zero-order chi connectivity index (χ0) is 26.2. The second-order valence-corrected chi connectivity index (χ2v) is 6.76. The Morgan fingerprint density at radius 2 is 1.71 bits per heavy atom. The van der Waals surface area contributed by atoms with Gasteiger partial charge in [-0.1, -0.05) is 30.3 Å². The van der Waals surface area contributed by atoms with Crippen molar-refractivity contribution in [1.82, 2.24) is 20.6 Å². The Bertz CT molecular complexity index is 1230. The summed E-state index contributed by atoms with van der Waals surface area (Å²) in [6.45, 7) is 0.193. The van der Waals surface area contributed by atoms with Gasteiger partial charge in [-0.25, -0.2) is 14.8 Å². The number of aliphatic carboxylic acids is 1. The van der Waals surface area contributed by atoms with Gasteiger partial charge in [-0.2, -0.15) is 13.2 Å². The highest BCUT2D eigenvalue weighted by Crippen LogP contribution is 2.20. The van der Waals surface area contributed by atoms with Gasteiger partial charge in [0.1, 0.15) is 5.75 Å². The molecule has 1 aromatic heterocycles. The van der Waals surface area contributed by atoms with Gasteiger partial charge in [-0.15, -0.1) is 0 Å². The molecule has 0 fully saturated rings. The zero-order valence-electron chi connectivity index (χ0n) is 18.1. The number of nitrogens with zero attached hydrogens (tertiary/aromatic N) is 2. The third kappa shape index (κ3) is 7.42. The average molecular weight is 491 g/mol. The van der Waals surface area contributed by atoms with Gasteiger partial charge in [0, 0.05) is 30.3 Å². The van der Waals surface area contributed by atoms with Gasteiger partial charge in [0.15, 0.2) is 11.5 Å². The molecule has 0 spiro atoms. The number of nitrogens with one attached hydrogen (secondary N) is 2. The average Bonchev–Trinajstić information content (AvgIpc) is 2.83. The van der Waals surface area contributed by atoms with E-state index in [1.165, 1.54) is 13.2 Å². The van der Waals surface area contributed by atoms with Gasteiger partial charge in [0.2, 0.25) is 0 Å². The largest absolute Gasteiger partial charge is 0.508 e. The number of nitrogens with two attached hydrogens (primary N) is 1. The van der Waals surface area contributed by atoms with E-state index in [1.807, 2.05) is 0 Å². The Hall–Kier alpha value is -4.68. The third-order valence-electron chi connectivity index (χ3n) is 4.34. The molecule has 184 valence electrons. The number of phenolic OH excluding ortho intramolecular Hbond substituents is 1. The monoisotopic (exact) mass is 491 g/mol. The van der Waals surface area contributed by atoms with Crippen LogP contribution in [0.3, 0.4) is 0 Å². The predicted octanol–water partition coefficient (Wildman–Crippen LogP) is 2.35. The van der Waals surface area contributed by atoms with Crippen LogP contribution in [0.2, 0.25) is 0 Å². The van der Waals surface area contributed by atoms with Crippen LogP contribution in [-0.4, -0.2) is 51.2 Å². The van der Waals surface area contributed by atoms with Crippen molar-refractivity contribution >= 4 is 23.6 Å². The minimum Gasteiger partial charge on any atom is -0.508 e. The first-order chi connectivity index (χ1) is 16.4. The maximum absolute atomic E-state index is 12.5. The van der Waals surface area contributed by atoms with Crippen LogP contribution < -0.4 is 16.4 Å². The van der Waals surface area contributed by atoms with E-state index in [1.54, 1.807) is 48.5 Å². The Morgan fingerprint density at radius 3 is 2.31 bits per heavy atom. The molecular weight excluding hydrogens is 471 g/mol. The molecule has 6 N–H and O–H groups in total. The first-order valence-electron chi connectivity index (χ1n) is 9.74. The Labute approximate surface area is 196 Å². The van der Waals surface area contributed by atoms with Crippen molar-refractivity contribution < 1.29 is 37.8 Å². The highest BCUT2D eigenvalue weighted by molar-refractivity contribution is 5.97. The Kier molecular flexibility index (Phi) is 8.69. The molecule has 0 aliphatic rings. The quantitative estimate of drug-likeness (QED) is 0.362. The van der Waals surface area contributed by atoms with E-state index in [0.717, 1.165) is 0 Å². The van der Waals surface area contributed by atoms with Crippen molar-refractivity contribution in [2.45, 2.75) is 12.7 Å². The number of hydrogen-bond acceptors (Lipinski definition) is 7. The van der Waals surface area contributed by atoms with Crippen LogP contribution >= 0.6 is 0 Å². The Morgan fingerprint density at radius 1 is 1.06 bits per heavy atom. The zero-order valence-corrected chi connectivity index (χ0v) is 18.1. The van der Waals surface area contributed by atoms with Gasteiger partial charge < -0.3 is 26.6 Å². The second-order valence-electron chi connectivity index (χ2n) is 6.76. The van der Waals surface area contributed by atoms with E-state index in [9.17, 15) is 27.9 Å². The molecule has 35 heavy (non-hydrogen) atoms. The smallest absolute Gasteiger partial charge is 0.490 e. The molecule has 2 aromatic carbocycles. The summed E-state index contributed by atoms with van der Waals surface area (Å²) in [6.07, 6.45) is -3.64.